The van der Waals surface area contributed by atoms with Crippen LogP contribution in [0.5, 0.6) is 11.5 Å². The molecule has 0 bridgehead atoms. The maximum Gasteiger partial charge on any atom is 0.321 e. The number of urea groups is 1. The first-order valence-electron chi connectivity index (χ1n) is 10.5. The second-order valence-corrected chi connectivity index (χ2v) is 7.38. The quantitative estimate of drug-likeness (QED) is 0.647. The van der Waals surface area contributed by atoms with Crippen LogP contribution in [0, 0.1) is 0 Å². The molecule has 4 heterocycles. The van der Waals surface area contributed by atoms with E-state index in [9.17, 15) is 4.79 Å². The Labute approximate surface area is 185 Å². The van der Waals surface area contributed by atoms with Gasteiger partial charge in [0.1, 0.15) is 19.0 Å². The molecule has 0 atom stereocenters. The SMILES string of the molecule is O=C(Nc1ccc2c(c1)OCCO2)N1CCN(c2ccc(Nc3ccccn3)nn2)CC1. The number of pyridine rings is 1. The van der Waals surface area contributed by atoms with Gasteiger partial charge in [0.2, 0.25) is 0 Å². The zero-order valence-electron chi connectivity index (χ0n) is 17.4. The summed E-state index contributed by atoms with van der Waals surface area (Å²) in [5.74, 6) is 3.48. The summed E-state index contributed by atoms with van der Waals surface area (Å²) in [4.78, 5) is 20.8. The number of hydrogen-bond donors (Lipinski definition) is 2. The van der Waals surface area contributed by atoms with Gasteiger partial charge >= 0.3 is 6.03 Å². The van der Waals surface area contributed by atoms with Crippen LogP contribution in [0.15, 0.2) is 54.7 Å². The van der Waals surface area contributed by atoms with E-state index < -0.39 is 0 Å². The normalized spacial score (nSPS) is 15.2. The van der Waals surface area contributed by atoms with Crippen molar-refractivity contribution in [1.29, 1.82) is 0 Å². The molecule has 1 saturated heterocycles. The van der Waals surface area contributed by atoms with Gasteiger partial charge in [-0.1, -0.05) is 6.07 Å². The molecule has 32 heavy (non-hydrogen) atoms. The van der Waals surface area contributed by atoms with E-state index in [2.05, 4.69) is 30.7 Å². The summed E-state index contributed by atoms with van der Waals surface area (Å²) in [6.45, 7) is 3.58. The number of carbonyl (C=O) groups excluding carboxylic acids is 1. The van der Waals surface area contributed by atoms with Crippen LogP contribution in [0.2, 0.25) is 0 Å². The van der Waals surface area contributed by atoms with Crippen molar-refractivity contribution >= 4 is 29.2 Å². The molecular weight excluding hydrogens is 410 g/mol. The predicted octanol–water partition coefficient (Wildman–Crippen LogP) is 2.74. The number of nitrogens with zero attached hydrogens (tertiary/aromatic N) is 5. The zero-order chi connectivity index (χ0) is 21.8. The third-order valence-electron chi connectivity index (χ3n) is 5.26. The summed E-state index contributed by atoms with van der Waals surface area (Å²) >= 11 is 0. The van der Waals surface area contributed by atoms with Crippen molar-refractivity contribution in [3.63, 3.8) is 0 Å². The van der Waals surface area contributed by atoms with E-state index in [4.69, 9.17) is 9.47 Å². The molecule has 5 rings (SSSR count). The van der Waals surface area contributed by atoms with Crippen molar-refractivity contribution in [2.45, 2.75) is 0 Å². The standard InChI is InChI=1S/C22H23N7O3/c30-22(24-16-4-5-17-18(15-16)32-14-13-31-17)29-11-9-28(10-12-29)21-7-6-20(26-27-21)25-19-3-1-2-8-23-19/h1-8,15H,9-14H2,(H,24,30)(H,23,25,26). The fourth-order valence-electron chi connectivity index (χ4n) is 3.59. The van der Waals surface area contributed by atoms with Crippen LogP contribution in [0.25, 0.3) is 0 Å². The molecule has 0 spiro atoms. The summed E-state index contributed by atoms with van der Waals surface area (Å²) < 4.78 is 11.1. The number of hydrogen-bond acceptors (Lipinski definition) is 8. The Bertz CT molecular complexity index is 1070. The van der Waals surface area contributed by atoms with Gasteiger partial charge in [-0.25, -0.2) is 9.78 Å². The lowest BCUT2D eigenvalue weighted by molar-refractivity contribution is 0.171. The van der Waals surface area contributed by atoms with Gasteiger partial charge in [0.15, 0.2) is 23.1 Å². The highest BCUT2D eigenvalue weighted by Gasteiger charge is 2.23. The minimum Gasteiger partial charge on any atom is -0.486 e. The van der Waals surface area contributed by atoms with Gasteiger partial charge in [-0.2, -0.15) is 0 Å². The van der Waals surface area contributed by atoms with Crippen LogP contribution in [-0.2, 0) is 0 Å². The molecule has 0 radical (unpaired) electrons. The van der Waals surface area contributed by atoms with Gasteiger partial charge < -0.3 is 29.9 Å². The molecule has 3 aromatic rings. The number of carbonyl (C=O) groups is 1. The van der Waals surface area contributed by atoms with Crippen LogP contribution >= 0.6 is 0 Å². The fraction of sp³-hybridized carbons (Fsp3) is 0.273. The lowest BCUT2D eigenvalue weighted by atomic mass is 10.2. The monoisotopic (exact) mass is 433 g/mol. The van der Waals surface area contributed by atoms with Crippen LogP contribution in [0.4, 0.5) is 27.9 Å². The van der Waals surface area contributed by atoms with Crippen molar-refractivity contribution in [3.8, 4) is 11.5 Å². The molecule has 2 aliphatic heterocycles. The number of ether oxygens (including phenoxy) is 2. The molecule has 10 heteroatoms. The van der Waals surface area contributed by atoms with Gasteiger partial charge in [-0.3, -0.25) is 0 Å². The minimum absolute atomic E-state index is 0.137. The van der Waals surface area contributed by atoms with Gasteiger partial charge in [0.05, 0.1) is 0 Å². The van der Waals surface area contributed by atoms with Crippen molar-refractivity contribution in [2.24, 2.45) is 0 Å². The third kappa shape index (κ3) is 4.48. The Morgan fingerprint density at radius 3 is 2.47 bits per heavy atom. The molecule has 1 fully saturated rings. The Morgan fingerprint density at radius 2 is 1.72 bits per heavy atom. The zero-order valence-corrected chi connectivity index (χ0v) is 17.4. The highest BCUT2D eigenvalue weighted by Crippen LogP contribution is 2.32. The Balaban J connectivity index is 1.14. The van der Waals surface area contributed by atoms with Crippen molar-refractivity contribution < 1.29 is 14.3 Å². The number of anilines is 4. The summed E-state index contributed by atoms with van der Waals surface area (Å²) in [6.07, 6.45) is 1.72. The minimum atomic E-state index is -0.137. The molecule has 164 valence electrons. The first-order valence-corrected chi connectivity index (χ1v) is 10.5. The fourth-order valence-corrected chi connectivity index (χ4v) is 3.59. The summed E-state index contributed by atoms with van der Waals surface area (Å²) in [5.41, 5.74) is 0.684. The van der Waals surface area contributed by atoms with E-state index in [0.717, 1.165) is 5.82 Å². The van der Waals surface area contributed by atoms with Gasteiger partial charge in [-0.15, -0.1) is 10.2 Å². The van der Waals surface area contributed by atoms with E-state index in [1.807, 2.05) is 42.5 Å². The Morgan fingerprint density at radius 1 is 0.875 bits per heavy atom. The first kappa shape index (κ1) is 19.9. The predicted molar refractivity (Wildman–Crippen MR) is 120 cm³/mol. The molecule has 1 aromatic carbocycles. The van der Waals surface area contributed by atoms with Gasteiger partial charge in [0, 0.05) is 44.1 Å². The number of rotatable bonds is 4. The van der Waals surface area contributed by atoms with Crippen molar-refractivity contribution in [1.82, 2.24) is 20.1 Å². The molecule has 2 amide bonds. The second kappa shape index (κ2) is 8.96. The largest absolute Gasteiger partial charge is 0.486 e. The molecule has 2 N–H and O–H groups in total. The average molecular weight is 433 g/mol. The summed E-state index contributed by atoms with van der Waals surface area (Å²) in [5, 5.41) is 14.6. The number of amides is 2. The van der Waals surface area contributed by atoms with Crippen molar-refractivity contribution in [2.75, 3.05) is 54.9 Å². The molecule has 0 unspecified atom stereocenters. The molecule has 0 aliphatic carbocycles. The number of fused-ring (bicyclic) bond motifs is 1. The van der Waals surface area contributed by atoms with Crippen LogP contribution < -0.4 is 25.0 Å². The van der Waals surface area contributed by atoms with Crippen LogP contribution in [0.1, 0.15) is 0 Å². The molecule has 2 aromatic heterocycles. The maximum atomic E-state index is 12.7. The van der Waals surface area contributed by atoms with E-state index in [1.54, 1.807) is 17.2 Å². The molecule has 2 aliphatic rings. The summed E-state index contributed by atoms with van der Waals surface area (Å²) in [7, 11) is 0. The lowest BCUT2D eigenvalue weighted by Crippen LogP contribution is -2.50. The Hall–Kier alpha value is -4.08. The topological polar surface area (TPSA) is 105 Å². The molecule has 0 saturated carbocycles. The van der Waals surface area contributed by atoms with Crippen LogP contribution in [-0.4, -0.2) is 65.5 Å². The molecule has 10 nitrogen and oxygen atoms in total. The van der Waals surface area contributed by atoms with E-state index in [0.29, 0.717) is 68.2 Å². The number of nitrogens with one attached hydrogen (secondary N) is 2. The number of benzene rings is 1. The second-order valence-electron chi connectivity index (χ2n) is 7.38. The third-order valence-corrected chi connectivity index (χ3v) is 5.26. The first-order chi connectivity index (χ1) is 15.7. The van der Waals surface area contributed by atoms with E-state index >= 15 is 0 Å². The lowest BCUT2D eigenvalue weighted by Gasteiger charge is -2.35. The maximum absolute atomic E-state index is 12.7. The van der Waals surface area contributed by atoms with E-state index in [-0.39, 0.29) is 6.03 Å². The van der Waals surface area contributed by atoms with Crippen LogP contribution in [0.3, 0.4) is 0 Å². The average Bonchev–Trinajstić information content (AvgIpc) is 2.85. The highest BCUT2D eigenvalue weighted by molar-refractivity contribution is 5.90. The smallest absolute Gasteiger partial charge is 0.321 e. The van der Waals surface area contributed by atoms with Gasteiger partial charge in [-0.05, 0) is 36.4 Å². The molecular formula is C22H23N7O3. The van der Waals surface area contributed by atoms with Gasteiger partial charge in [0.25, 0.3) is 0 Å². The summed E-state index contributed by atoms with van der Waals surface area (Å²) in [6, 6.07) is 14.7. The number of aromatic nitrogens is 3. The Kier molecular flexibility index (Phi) is 5.56. The highest BCUT2D eigenvalue weighted by atomic mass is 16.6. The number of piperazine rings is 1. The van der Waals surface area contributed by atoms with Crippen molar-refractivity contribution in [3.05, 3.63) is 54.7 Å². The van der Waals surface area contributed by atoms with E-state index in [1.165, 1.54) is 0 Å².